The standard InChI is InChI=1S/C11H10ClNO2/c1-14-7-3-4-9-8(5-7)10(15-2)6-11(12)13-9/h3-6H,1-2H3. The molecule has 0 aliphatic heterocycles. The fraction of sp³-hybridized carbons (Fsp3) is 0.182. The van der Waals surface area contributed by atoms with Gasteiger partial charge >= 0.3 is 0 Å². The van der Waals surface area contributed by atoms with Gasteiger partial charge in [0.15, 0.2) is 0 Å². The van der Waals surface area contributed by atoms with Crippen LogP contribution >= 0.6 is 11.6 Å². The number of ether oxygens (including phenoxy) is 2. The quantitative estimate of drug-likeness (QED) is 0.734. The number of rotatable bonds is 2. The molecule has 0 unspecified atom stereocenters. The molecule has 0 amide bonds. The Morgan fingerprint density at radius 2 is 1.93 bits per heavy atom. The van der Waals surface area contributed by atoms with E-state index in [1.807, 2.05) is 18.2 Å². The van der Waals surface area contributed by atoms with Crippen molar-refractivity contribution in [3.63, 3.8) is 0 Å². The zero-order valence-electron chi connectivity index (χ0n) is 8.45. The first-order valence-corrected chi connectivity index (χ1v) is 4.80. The van der Waals surface area contributed by atoms with Crippen LogP contribution in [0.1, 0.15) is 0 Å². The van der Waals surface area contributed by atoms with Crippen LogP contribution in [0.25, 0.3) is 10.9 Å². The van der Waals surface area contributed by atoms with Gasteiger partial charge in [0.2, 0.25) is 0 Å². The minimum Gasteiger partial charge on any atom is -0.497 e. The van der Waals surface area contributed by atoms with E-state index in [-0.39, 0.29) is 0 Å². The molecule has 0 aliphatic carbocycles. The summed E-state index contributed by atoms with van der Waals surface area (Å²) in [6.45, 7) is 0. The molecule has 2 aromatic rings. The molecule has 1 aromatic carbocycles. The topological polar surface area (TPSA) is 31.4 Å². The lowest BCUT2D eigenvalue weighted by molar-refractivity contribution is 0.412. The van der Waals surface area contributed by atoms with Gasteiger partial charge < -0.3 is 9.47 Å². The first-order valence-electron chi connectivity index (χ1n) is 4.43. The van der Waals surface area contributed by atoms with Crippen LogP contribution in [0.4, 0.5) is 0 Å². The van der Waals surface area contributed by atoms with E-state index in [1.54, 1.807) is 20.3 Å². The van der Waals surface area contributed by atoms with Gasteiger partial charge in [-0.2, -0.15) is 0 Å². The second-order valence-corrected chi connectivity index (χ2v) is 3.42. The molecule has 0 atom stereocenters. The Bertz CT molecular complexity index is 499. The van der Waals surface area contributed by atoms with Crippen LogP contribution in [-0.2, 0) is 0 Å². The molecule has 0 fully saturated rings. The molecule has 0 saturated carbocycles. The molecule has 15 heavy (non-hydrogen) atoms. The Balaban J connectivity index is 2.73. The summed E-state index contributed by atoms with van der Waals surface area (Å²) in [5, 5.41) is 1.31. The van der Waals surface area contributed by atoms with Crippen molar-refractivity contribution in [2.24, 2.45) is 0 Å². The van der Waals surface area contributed by atoms with Crippen molar-refractivity contribution in [2.75, 3.05) is 14.2 Å². The van der Waals surface area contributed by atoms with E-state index >= 15 is 0 Å². The van der Waals surface area contributed by atoms with Crippen LogP contribution in [0, 0.1) is 0 Å². The summed E-state index contributed by atoms with van der Waals surface area (Å²) in [5.41, 5.74) is 0.792. The summed E-state index contributed by atoms with van der Waals surface area (Å²) in [6.07, 6.45) is 0. The molecular formula is C11H10ClNO2. The molecular weight excluding hydrogens is 214 g/mol. The van der Waals surface area contributed by atoms with Gasteiger partial charge in [-0.1, -0.05) is 11.6 Å². The van der Waals surface area contributed by atoms with Crippen LogP contribution in [0.3, 0.4) is 0 Å². The highest BCUT2D eigenvalue weighted by Gasteiger charge is 2.06. The maximum absolute atomic E-state index is 5.85. The molecule has 4 heteroatoms. The van der Waals surface area contributed by atoms with Crippen LogP contribution in [0.2, 0.25) is 5.15 Å². The summed E-state index contributed by atoms with van der Waals surface area (Å²) < 4.78 is 10.4. The average Bonchev–Trinajstić information content (AvgIpc) is 2.27. The highest BCUT2D eigenvalue weighted by atomic mass is 35.5. The predicted molar refractivity (Wildman–Crippen MR) is 59.9 cm³/mol. The van der Waals surface area contributed by atoms with E-state index in [0.717, 1.165) is 16.7 Å². The number of hydrogen-bond acceptors (Lipinski definition) is 3. The lowest BCUT2D eigenvalue weighted by Gasteiger charge is -2.07. The maximum atomic E-state index is 5.85. The van der Waals surface area contributed by atoms with Crippen molar-refractivity contribution >= 4 is 22.5 Å². The molecule has 0 radical (unpaired) electrons. The summed E-state index contributed by atoms with van der Waals surface area (Å²) >= 11 is 5.85. The molecule has 0 bridgehead atoms. The van der Waals surface area contributed by atoms with E-state index in [1.165, 1.54) is 0 Å². The van der Waals surface area contributed by atoms with Gasteiger partial charge in [0.1, 0.15) is 16.7 Å². The Morgan fingerprint density at radius 3 is 2.60 bits per heavy atom. The third-order valence-electron chi connectivity index (χ3n) is 2.17. The maximum Gasteiger partial charge on any atom is 0.133 e. The smallest absolute Gasteiger partial charge is 0.133 e. The molecule has 1 aromatic heterocycles. The first kappa shape index (κ1) is 10.1. The second kappa shape index (κ2) is 3.95. The normalized spacial score (nSPS) is 10.3. The number of halogens is 1. The van der Waals surface area contributed by atoms with Gasteiger partial charge in [0.05, 0.1) is 19.7 Å². The summed E-state index contributed by atoms with van der Waals surface area (Å²) in [7, 11) is 3.22. The van der Waals surface area contributed by atoms with E-state index < -0.39 is 0 Å². The molecule has 1 heterocycles. The van der Waals surface area contributed by atoms with Crippen molar-refractivity contribution in [1.82, 2.24) is 4.98 Å². The van der Waals surface area contributed by atoms with Crippen molar-refractivity contribution < 1.29 is 9.47 Å². The second-order valence-electron chi connectivity index (χ2n) is 3.03. The van der Waals surface area contributed by atoms with E-state index in [9.17, 15) is 0 Å². The lowest BCUT2D eigenvalue weighted by atomic mass is 10.2. The van der Waals surface area contributed by atoms with Crippen molar-refractivity contribution in [2.45, 2.75) is 0 Å². The summed E-state index contributed by atoms with van der Waals surface area (Å²) in [6, 6.07) is 7.24. The minimum atomic E-state index is 0.421. The Labute approximate surface area is 92.6 Å². The van der Waals surface area contributed by atoms with Crippen LogP contribution in [-0.4, -0.2) is 19.2 Å². The molecule has 2 rings (SSSR count). The number of fused-ring (bicyclic) bond motifs is 1. The molecule has 3 nitrogen and oxygen atoms in total. The number of aromatic nitrogens is 1. The zero-order valence-corrected chi connectivity index (χ0v) is 9.21. The van der Waals surface area contributed by atoms with Gasteiger partial charge in [-0.25, -0.2) is 4.98 Å². The van der Waals surface area contributed by atoms with Gasteiger partial charge in [-0.05, 0) is 18.2 Å². The van der Waals surface area contributed by atoms with E-state index in [0.29, 0.717) is 10.9 Å². The number of nitrogens with zero attached hydrogens (tertiary/aromatic N) is 1. The highest BCUT2D eigenvalue weighted by molar-refractivity contribution is 6.30. The Hall–Kier alpha value is -1.48. The van der Waals surface area contributed by atoms with E-state index in [2.05, 4.69) is 4.98 Å². The fourth-order valence-electron chi connectivity index (χ4n) is 1.44. The monoisotopic (exact) mass is 223 g/mol. The summed E-state index contributed by atoms with van der Waals surface area (Å²) in [5.74, 6) is 1.47. The highest BCUT2D eigenvalue weighted by Crippen LogP contribution is 2.29. The molecule has 0 saturated heterocycles. The SMILES string of the molecule is COc1ccc2nc(Cl)cc(OC)c2c1. The number of methoxy groups -OCH3 is 2. The predicted octanol–water partition coefficient (Wildman–Crippen LogP) is 2.91. The van der Waals surface area contributed by atoms with Crippen molar-refractivity contribution in [3.8, 4) is 11.5 Å². The third kappa shape index (κ3) is 1.83. The van der Waals surface area contributed by atoms with Crippen LogP contribution < -0.4 is 9.47 Å². The Morgan fingerprint density at radius 1 is 1.13 bits per heavy atom. The van der Waals surface area contributed by atoms with E-state index in [4.69, 9.17) is 21.1 Å². The van der Waals surface area contributed by atoms with Crippen LogP contribution in [0.5, 0.6) is 11.5 Å². The number of pyridine rings is 1. The van der Waals surface area contributed by atoms with Crippen molar-refractivity contribution in [1.29, 1.82) is 0 Å². The average molecular weight is 224 g/mol. The first-order chi connectivity index (χ1) is 7.24. The molecule has 0 aliphatic rings. The van der Waals surface area contributed by atoms with Gasteiger partial charge in [-0.15, -0.1) is 0 Å². The zero-order chi connectivity index (χ0) is 10.8. The van der Waals surface area contributed by atoms with Gasteiger partial charge in [0, 0.05) is 11.5 Å². The Kier molecular flexibility index (Phi) is 2.64. The number of hydrogen-bond donors (Lipinski definition) is 0. The van der Waals surface area contributed by atoms with Gasteiger partial charge in [-0.3, -0.25) is 0 Å². The summed E-state index contributed by atoms with van der Waals surface area (Å²) in [4.78, 5) is 4.19. The van der Waals surface area contributed by atoms with Gasteiger partial charge in [0.25, 0.3) is 0 Å². The van der Waals surface area contributed by atoms with Crippen LogP contribution in [0.15, 0.2) is 24.3 Å². The minimum absolute atomic E-state index is 0.421. The number of benzene rings is 1. The molecule has 0 N–H and O–H groups in total. The fourth-order valence-corrected chi connectivity index (χ4v) is 1.63. The molecule has 78 valence electrons. The van der Waals surface area contributed by atoms with Crippen molar-refractivity contribution in [3.05, 3.63) is 29.4 Å². The molecule has 0 spiro atoms. The third-order valence-corrected chi connectivity index (χ3v) is 2.36. The largest absolute Gasteiger partial charge is 0.497 e. The lowest BCUT2D eigenvalue weighted by Crippen LogP contribution is -1.89.